The fourth-order valence-electron chi connectivity index (χ4n) is 2.24. The molecule has 114 valence electrons. The molecule has 0 aliphatic carbocycles. The van der Waals surface area contributed by atoms with Gasteiger partial charge in [-0.25, -0.2) is 0 Å². The molecule has 2 aromatic heterocycles. The number of pyridine rings is 1. The average Bonchev–Trinajstić information content (AvgIpc) is 2.57. The molecule has 1 aromatic carbocycles. The van der Waals surface area contributed by atoms with Crippen molar-refractivity contribution in [3.63, 3.8) is 0 Å². The Bertz CT molecular complexity index is 801. The van der Waals surface area contributed by atoms with E-state index in [1.165, 1.54) is 17.3 Å². The van der Waals surface area contributed by atoms with Gasteiger partial charge in [0.2, 0.25) is 0 Å². The van der Waals surface area contributed by atoms with Crippen molar-refractivity contribution < 1.29 is 4.79 Å². The second-order valence-electron chi connectivity index (χ2n) is 5.27. The SMILES string of the molecule is Cc1cc(C(=O)Nc2ccc(Cc3ccncc3)cc2)cnn1. The number of benzene rings is 1. The lowest BCUT2D eigenvalue weighted by Crippen LogP contribution is -2.12. The lowest BCUT2D eigenvalue weighted by Gasteiger charge is -2.07. The molecule has 0 unspecified atom stereocenters. The summed E-state index contributed by atoms with van der Waals surface area (Å²) in [6.07, 6.45) is 5.87. The number of hydrogen-bond acceptors (Lipinski definition) is 4. The van der Waals surface area contributed by atoms with Crippen LogP contribution in [0.1, 0.15) is 27.2 Å². The quantitative estimate of drug-likeness (QED) is 0.804. The lowest BCUT2D eigenvalue weighted by molar-refractivity contribution is 0.102. The van der Waals surface area contributed by atoms with Gasteiger partial charge in [-0.3, -0.25) is 9.78 Å². The van der Waals surface area contributed by atoms with E-state index in [1.807, 2.05) is 36.4 Å². The minimum atomic E-state index is -0.190. The normalized spacial score (nSPS) is 10.3. The average molecular weight is 304 g/mol. The molecule has 0 aliphatic heterocycles. The molecule has 0 spiro atoms. The first kappa shape index (κ1) is 14.8. The summed E-state index contributed by atoms with van der Waals surface area (Å²) in [6, 6.07) is 13.5. The highest BCUT2D eigenvalue weighted by molar-refractivity contribution is 6.04. The lowest BCUT2D eigenvalue weighted by atomic mass is 10.1. The maximum Gasteiger partial charge on any atom is 0.257 e. The Morgan fingerprint density at radius 2 is 1.74 bits per heavy atom. The Morgan fingerprint density at radius 3 is 2.43 bits per heavy atom. The van der Waals surface area contributed by atoms with Crippen LogP contribution in [0.15, 0.2) is 61.1 Å². The van der Waals surface area contributed by atoms with Gasteiger partial charge in [0.05, 0.1) is 17.5 Å². The summed E-state index contributed by atoms with van der Waals surface area (Å²) in [6.45, 7) is 1.80. The zero-order chi connectivity index (χ0) is 16.1. The molecule has 5 nitrogen and oxygen atoms in total. The Balaban J connectivity index is 1.67. The predicted octanol–water partition coefficient (Wildman–Crippen LogP) is 3.02. The van der Waals surface area contributed by atoms with Crippen LogP contribution in [-0.2, 0) is 6.42 Å². The first-order chi connectivity index (χ1) is 11.2. The molecular weight excluding hydrogens is 288 g/mol. The maximum atomic E-state index is 12.2. The van der Waals surface area contributed by atoms with Gasteiger partial charge in [0.15, 0.2) is 0 Å². The third-order valence-electron chi connectivity index (χ3n) is 3.41. The fourth-order valence-corrected chi connectivity index (χ4v) is 2.24. The van der Waals surface area contributed by atoms with Crippen LogP contribution < -0.4 is 5.32 Å². The topological polar surface area (TPSA) is 67.8 Å². The van der Waals surface area contributed by atoms with Gasteiger partial charge in [0.1, 0.15) is 0 Å². The van der Waals surface area contributed by atoms with Crippen molar-refractivity contribution in [2.24, 2.45) is 0 Å². The van der Waals surface area contributed by atoms with Gasteiger partial charge in [-0.1, -0.05) is 12.1 Å². The van der Waals surface area contributed by atoms with Gasteiger partial charge >= 0.3 is 0 Å². The summed E-state index contributed by atoms with van der Waals surface area (Å²) in [7, 11) is 0. The molecule has 1 amide bonds. The van der Waals surface area contributed by atoms with Crippen LogP contribution in [0.5, 0.6) is 0 Å². The predicted molar refractivity (Wildman–Crippen MR) is 88.2 cm³/mol. The van der Waals surface area contributed by atoms with Crippen LogP contribution >= 0.6 is 0 Å². The van der Waals surface area contributed by atoms with Crippen molar-refractivity contribution in [1.82, 2.24) is 15.2 Å². The second kappa shape index (κ2) is 6.79. The molecule has 3 aromatic rings. The number of rotatable bonds is 4. The summed E-state index contributed by atoms with van der Waals surface area (Å²) in [5.74, 6) is -0.190. The van der Waals surface area contributed by atoms with Crippen molar-refractivity contribution in [2.45, 2.75) is 13.3 Å². The third kappa shape index (κ3) is 3.97. The van der Waals surface area contributed by atoms with E-state index in [0.717, 1.165) is 12.1 Å². The zero-order valence-electron chi connectivity index (χ0n) is 12.7. The summed E-state index contributed by atoms with van der Waals surface area (Å²) >= 11 is 0. The third-order valence-corrected chi connectivity index (χ3v) is 3.41. The molecule has 0 radical (unpaired) electrons. The Kier molecular flexibility index (Phi) is 4.38. The van der Waals surface area contributed by atoms with Crippen molar-refractivity contribution in [1.29, 1.82) is 0 Å². The van der Waals surface area contributed by atoms with Crippen LogP contribution in [0.3, 0.4) is 0 Å². The molecule has 0 bridgehead atoms. The van der Waals surface area contributed by atoms with Crippen molar-refractivity contribution >= 4 is 11.6 Å². The van der Waals surface area contributed by atoms with Crippen LogP contribution in [0.4, 0.5) is 5.69 Å². The van der Waals surface area contributed by atoms with Gasteiger partial charge in [-0.2, -0.15) is 10.2 Å². The van der Waals surface area contributed by atoms with Gasteiger partial charge in [-0.05, 0) is 54.8 Å². The van der Waals surface area contributed by atoms with Crippen LogP contribution in [0.2, 0.25) is 0 Å². The Morgan fingerprint density at radius 1 is 1.04 bits per heavy atom. The largest absolute Gasteiger partial charge is 0.322 e. The molecule has 3 rings (SSSR count). The number of amides is 1. The van der Waals surface area contributed by atoms with Crippen molar-refractivity contribution in [3.8, 4) is 0 Å². The number of aromatic nitrogens is 3. The van der Waals surface area contributed by atoms with Gasteiger partial charge < -0.3 is 5.32 Å². The van der Waals surface area contributed by atoms with E-state index in [-0.39, 0.29) is 5.91 Å². The zero-order valence-corrected chi connectivity index (χ0v) is 12.7. The standard InChI is InChI=1S/C18H16N4O/c1-13-10-16(12-20-22-13)18(23)21-17-4-2-14(3-5-17)11-15-6-8-19-9-7-15/h2-10,12H,11H2,1H3,(H,21,23). The molecule has 0 aliphatic rings. The van der Waals surface area contributed by atoms with Crippen LogP contribution in [0.25, 0.3) is 0 Å². The summed E-state index contributed by atoms with van der Waals surface area (Å²) < 4.78 is 0. The minimum absolute atomic E-state index is 0.190. The highest BCUT2D eigenvalue weighted by Crippen LogP contribution is 2.14. The summed E-state index contributed by atoms with van der Waals surface area (Å²) in [5, 5.41) is 10.5. The fraction of sp³-hybridized carbons (Fsp3) is 0.111. The van der Waals surface area contributed by atoms with E-state index < -0.39 is 0 Å². The van der Waals surface area contributed by atoms with Gasteiger partial charge in [0.25, 0.3) is 5.91 Å². The van der Waals surface area contributed by atoms with Gasteiger partial charge in [-0.15, -0.1) is 0 Å². The number of anilines is 1. The molecule has 0 atom stereocenters. The number of hydrogen-bond donors (Lipinski definition) is 1. The van der Waals surface area contributed by atoms with E-state index in [4.69, 9.17) is 0 Å². The first-order valence-corrected chi connectivity index (χ1v) is 7.29. The monoisotopic (exact) mass is 304 g/mol. The van der Waals surface area contributed by atoms with E-state index in [0.29, 0.717) is 11.3 Å². The van der Waals surface area contributed by atoms with Crippen molar-refractivity contribution in [3.05, 3.63) is 83.4 Å². The molecule has 0 fully saturated rings. The molecule has 5 heteroatoms. The highest BCUT2D eigenvalue weighted by atomic mass is 16.1. The van der Waals surface area contributed by atoms with E-state index in [9.17, 15) is 4.79 Å². The number of nitrogens with zero attached hydrogens (tertiary/aromatic N) is 3. The molecule has 2 heterocycles. The molecule has 23 heavy (non-hydrogen) atoms. The second-order valence-corrected chi connectivity index (χ2v) is 5.27. The highest BCUT2D eigenvalue weighted by Gasteiger charge is 2.07. The molecule has 0 saturated heterocycles. The number of carbonyl (C=O) groups excluding carboxylic acids is 1. The van der Waals surface area contributed by atoms with E-state index >= 15 is 0 Å². The Labute approximate surface area is 134 Å². The number of nitrogens with one attached hydrogen (secondary N) is 1. The van der Waals surface area contributed by atoms with Crippen LogP contribution in [0, 0.1) is 6.92 Å². The Hall–Kier alpha value is -3.08. The summed E-state index contributed by atoms with van der Waals surface area (Å²) in [4.78, 5) is 16.2. The van der Waals surface area contributed by atoms with Gasteiger partial charge in [0, 0.05) is 18.1 Å². The van der Waals surface area contributed by atoms with E-state index in [1.54, 1.807) is 25.4 Å². The molecule has 0 saturated carbocycles. The smallest absolute Gasteiger partial charge is 0.257 e. The maximum absolute atomic E-state index is 12.2. The van der Waals surface area contributed by atoms with Crippen molar-refractivity contribution in [2.75, 3.05) is 5.32 Å². The molecule has 1 N–H and O–H groups in total. The summed E-state index contributed by atoms with van der Waals surface area (Å²) in [5.41, 5.74) is 4.34. The number of carbonyl (C=O) groups is 1. The first-order valence-electron chi connectivity index (χ1n) is 7.29. The molecular formula is C18H16N4O. The number of aryl methyl sites for hydroxylation is 1. The van der Waals surface area contributed by atoms with Crippen LogP contribution in [-0.4, -0.2) is 21.1 Å². The minimum Gasteiger partial charge on any atom is -0.322 e. The van der Waals surface area contributed by atoms with E-state index in [2.05, 4.69) is 20.5 Å².